The molecule has 0 aliphatic rings. The molecule has 2 N–H and O–H groups in total. The Balaban J connectivity index is 3.08. The van der Waals surface area contributed by atoms with Gasteiger partial charge in [-0.1, -0.05) is 11.6 Å². The maximum absolute atomic E-state index is 13.3. The van der Waals surface area contributed by atoms with E-state index in [-0.39, 0.29) is 11.6 Å². The SMILES string of the molecule is C[C@H](CO)NS(=O)(=O)c1ccc(Cl)cc1F. The molecule has 0 fully saturated rings. The van der Waals surface area contributed by atoms with Crippen LogP contribution < -0.4 is 4.72 Å². The standard InChI is InChI=1S/C9H11ClFNO3S/c1-6(5-13)12-16(14,15)9-3-2-7(10)4-8(9)11/h2-4,6,12-13H,5H2,1H3/t6-/m1/s1. The number of nitrogens with one attached hydrogen (secondary N) is 1. The second kappa shape index (κ2) is 5.09. The lowest BCUT2D eigenvalue weighted by Gasteiger charge is -2.11. The Morgan fingerprint density at radius 1 is 1.56 bits per heavy atom. The zero-order valence-electron chi connectivity index (χ0n) is 8.44. The predicted octanol–water partition coefficient (Wildman–Crippen LogP) is 1.14. The molecule has 0 aliphatic carbocycles. The minimum Gasteiger partial charge on any atom is -0.395 e. The summed E-state index contributed by atoms with van der Waals surface area (Å²) in [4.78, 5) is -0.489. The first-order valence-corrected chi connectivity index (χ1v) is 6.31. The van der Waals surface area contributed by atoms with E-state index >= 15 is 0 Å². The van der Waals surface area contributed by atoms with Crippen LogP contribution in [0.2, 0.25) is 5.02 Å². The van der Waals surface area contributed by atoms with Gasteiger partial charge in [0.2, 0.25) is 10.0 Å². The van der Waals surface area contributed by atoms with Gasteiger partial charge in [0.05, 0.1) is 6.61 Å². The first kappa shape index (κ1) is 13.4. The van der Waals surface area contributed by atoms with Gasteiger partial charge in [-0.2, -0.15) is 0 Å². The van der Waals surface area contributed by atoms with Crippen molar-refractivity contribution in [2.75, 3.05) is 6.61 Å². The average Bonchev–Trinajstić information content (AvgIpc) is 2.16. The van der Waals surface area contributed by atoms with E-state index in [1.165, 1.54) is 13.0 Å². The van der Waals surface area contributed by atoms with Gasteiger partial charge in [-0.05, 0) is 25.1 Å². The van der Waals surface area contributed by atoms with E-state index in [0.29, 0.717) is 0 Å². The molecule has 0 saturated carbocycles. The van der Waals surface area contributed by atoms with Gasteiger partial charge in [0.25, 0.3) is 0 Å². The molecule has 0 unspecified atom stereocenters. The molecular weight excluding hydrogens is 257 g/mol. The van der Waals surface area contributed by atoms with Crippen molar-refractivity contribution in [1.82, 2.24) is 4.72 Å². The van der Waals surface area contributed by atoms with Crippen LogP contribution in [0.3, 0.4) is 0 Å². The quantitative estimate of drug-likeness (QED) is 0.860. The Labute approximate surface area is 98.1 Å². The lowest BCUT2D eigenvalue weighted by molar-refractivity contribution is 0.265. The highest BCUT2D eigenvalue weighted by atomic mass is 35.5. The topological polar surface area (TPSA) is 66.4 Å². The van der Waals surface area contributed by atoms with E-state index in [2.05, 4.69) is 4.72 Å². The molecule has 0 radical (unpaired) electrons. The molecule has 0 saturated heterocycles. The molecule has 4 nitrogen and oxygen atoms in total. The van der Waals surface area contributed by atoms with Crippen molar-refractivity contribution in [2.24, 2.45) is 0 Å². The zero-order chi connectivity index (χ0) is 12.3. The second-order valence-corrected chi connectivity index (χ2v) is 5.40. The lowest BCUT2D eigenvalue weighted by Crippen LogP contribution is -2.35. The van der Waals surface area contributed by atoms with Gasteiger partial charge in [0, 0.05) is 11.1 Å². The summed E-state index contributed by atoms with van der Waals surface area (Å²) in [5.74, 6) is -0.926. The summed E-state index contributed by atoms with van der Waals surface area (Å²) in [6, 6.07) is 2.59. The summed E-state index contributed by atoms with van der Waals surface area (Å²) < 4.78 is 38.7. The number of hydrogen-bond acceptors (Lipinski definition) is 3. The first-order chi connectivity index (χ1) is 7.36. The fraction of sp³-hybridized carbons (Fsp3) is 0.333. The van der Waals surface area contributed by atoms with E-state index in [1.54, 1.807) is 0 Å². The third-order valence-corrected chi connectivity index (χ3v) is 3.67. The van der Waals surface area contributed by atoms with Crippen LogP contribution in [0.4, 0.5) is 4.39 Å². The smallest absolute Gasteiger partial charge is 0.243 e. The van der Waals surface area contributed by atoms with Gasteiger partial charge in [-0.15, -0.1) is 0 Å². The summed E-state index contributed by atoms with van der Waals surface area (Å²) in [5.41, 5.74) is 0. The van der Waals surface area contributed by atoms with Crippen molar-refractivity contribution in [3.63, 3.8) is 0 Å². The van der Waals surface area contributed by atoms with Crippen LogP contribution in [0.1, 0.15) is 6.92 Å². The van der Waals surface area contributed by atoms with Crippen LogP contribution in [0.5, 0.6) is 0 Å². The van der Waals surface area contributed by atoms with Gasteiger partial charge in [-0.25, -0.2) is 17.5 Å². The maximum Gasteiger partial charge on any atom is 0.243 e. The minimum atomic E-state index is -3.96. The van der Waals surface area contributed by atoms with E-state index in [9.17, 15) is 12.8 Å². The number of aliphatic hydroxyl groups excluding tert-OH is 1. The highest BCUT2D eigenvalue weighted by Crippen LogP contribution is 2.18. The van der Waals surface area contributed by atoms with Crippen LogP contribution in [0, 0.1) is 5.82 Å². The third-order valence-electron chi connectivity index (χ3n) is 1.81. The second-order valence-electron chi connectivity index (χ2n) is 3.28. The summed E-state index contributed by atoms with van der Waals surface area (Å²) in [6.07, 6.45) is 0. The summed E-state index contributed by atoms with van der Waals surface area (Å²) in [6.45, 7) is 1.10. The Kier molecular flexibility index (Phi) is 4.26. The number of sulfonamides is 1. The van der Waals surface area contributed by atoms with Crippen LogP contribution in [-0.2, 0) is 10.0 Å². The van der Waals surface area contributed by atoms with Crippen LogP contribution >= 0.6 is 11.6 Å². The summed E-state index contributed by atoms with van der Waals surface area (Å²) in [7, 11) is -3.96. The van der Waals surface area contributed by atoms with E-state index in [0.717, 1.165) is 12.1 Å². The molecule has 7 heteroatoms. The molecule has 0 aliphatic heterocycles. The fourth-order valence-corrected chi connectivity index (χ4v) is 2.51. The van der Waals surface area contributed by atoms with Crippen molar-refractivity contribution < 1.29 is 17.9 Å². The van der Waals surface area contributed by atoms with Crippen molar-refractivity contribution in [3.8, 4) is 0 Å². The molecule has 0 amide bonds. The Morgan fingerprint density at radius 3 is 2.69 bits per heavy atom. The summed E-state index contributed by atoms with van der Waals surface area (Å²) in [5, 5.41) is 8.83. The van der Waals surface area contributed by atoms with Gasteiger partial charge < -0.3 is 5.11 Å². The normalized spacial score (nSPS) is 13.8. The zero-order valence-corrected chi connectivity index (χ0v) is 10.0. The van der Waals surface area contributed by atoms with Crippen molar-refractivity contribution >= 4 is 21.6 Å². The van der Waals surface area contributed by atoms with Crippen LogP contribution in [0.15, 0.2) is 23.1 Å². The Bertz CT molecular complexity index is 478. The van der Waals surface area contributed by atoms with E-state index in [1.807, 2.05) is 0 Å². The molecule has 16 heavy (non-hydrogen) atoms. The number of hydrogen-bond donors (Lipinski definition) is 2. The van der Waals surface area contributed by atoms with Gasteiger partial charge in [0.1, 0.15) is 10.7 Å². The van der Waals surface area contributed by atoms with Gasteiger partial charge in [-0.3, -0.25) is 0 Å². The van der Waals surface area contributed by atoms with Crippen molar-refractivity contribution in [2.45, 2.75) is 17.9 Å². The fourth-order valence-electron chi connectivity index (χ4n) is 1.06. The van der Waals surface area contributed by atoms with Gasteiger partial charge in [0.15, 0.2) is 0 Å². The molecule has 0 spiro atoms. The molecule has 1 rings (SSSR count). The number of aliphatic hydroxyl groups is 1. The first-order valence-electron chi connectivity index (χ1n) is 4.45. The minimum absolute atomic E-state index is 0.117. The van der Waals surface area contributed by atoms with Crippen LogP contribution in [0.25, 0.3) is 0 Å². The third kappa shape index (κ3) is 3.15. The molecule has 0 aromatic heterocycles. The molecule has 0 bridgehead atoms. The highest BCUT2D eigenvalue weighted by Gasteiger charge is 2.20. The Hall–Kier alpha value is -0.690. The largest absolute Gasteiger partial charge is 0.395 e. The predicted molar refractivity (Wildman–Crippen MR) is 58.3 cm³/mol. The maximum atomic E-state index is 13.3. The molecule has 1 atom stereocenters. The highest BCUT2D eigenvalue weighted by molar-refractivity contribution is 7.89. The molecular formula is C9H11ClFNO3S. The van der Waals surface area contributed by atoms with Crippen molar-refractivity contribution in [1.29, 1.82) is 0 Å². The summed E-state index contributed by atoms with van der Waals surface area (Å²) >= 11 is 5.50. The monoisotopic (exact) mass is 267 g/mol. The number of rotatable bonds is 4. The Morgan fingerprint density at radius 2 is 2.19 bits per heavy atom. The van der Waals surface area contributed by atoms with Crippen molar-refractivity contribution in [3.05, 3.63) is 29.0 Å². The molecule has 90 valence electrons. The van der Waals surface area contributed by atoms with E-state index in [4.69, 9.17) is 16.7 Å². The average molecular weight is 268 g/mol. The van der Waals surface area contributed by atoms with Gasteiger partial charge >= 0.3 is 0 Å². The van der Waals surface area contributed by atoms with E-state index < -0.39 is 26.8 Å². The number of benzene rings is 1. The van der Waals surface area contributed by atoms with Crippen LogP contribution in [-0.4, -0.2) is 26.2 Å². The molecule has 1 aromatic rings. The lowest BCUT2D eigenvalue weighted by atomic mass is 10.3. The molecule has 0 heterocycles. The molecule has 1 aromatic carbocycles. The number of halogens is 2.